The zero-order chi connectivity index (χ0) is 18.3. The van der Waals surface area contributed by atoms with Crippen LogP contribution < -0.4 is 4.74 Å². The summed E-state index contributed by atoms with van der Waals surface area (Å²) in [6.45, 7) is 5.33. The molecular weight excluding hydrogens is 320 g/mol. The Labute approximate surface area is 147 Å². The molecule has 0 aliphatic rings. The van der Waals surface area contributed by atoms with Gasteiger partial charge in [0.15, 0.2) is 5.60 Å². The van der Waals surface area contributed by atoms with E-state index in [1.165, 1.54) is 0 Å². The van der Waals surface area contributed by atoms with Crippen LogP contribution in [0.15, 0.2) is 54.6 Å². The van der Waals surface area contributed by atoms with Crippen LogP contribution in [0.3, 0.4) is 0 Å². The molecular formula is C20H22O5. The van der Waals surface area contributed by atoms with Crippen LogP contribution in [0, 0.1) is 0 Å². The molecule has 0 unspecified atom stereocenters. The van der Waals surface area contributed by atoms with Gasteiger partial charge >= 0.3 is 11.9 Å². The first-order chi connectivity index (χ1) is 11.9. The Bertz CT molecular complexity index is 722. The van der Waals surface area contributed by atoms with Gasteiger partial charge < -0.3 is 14.2 Å². The van der Waals surface area contributed by atoms with Crippen LogP contribution in [0.5, 0.6) is 5.75 Å². The maximum atomic E-state index is 12.4. The molecule has 0 heterocycles. The van der Waals surface area contributed by atoms with Crippen molar-refractivity contribution in [2.75, 3.05) is 6.61 Å². The molecule has 5 nitrogen and oxygen atoms in total. The number of carbonyl (C=O) groups is 2. The molecule has 0 atom stereocenters. The number of benzene rings is 2. The zero-order valence-electron chi connectivity index (χ0n) is 14.7. The number of carbonyl (C=O) groups excluding carboxylic acids is 2. The average molecular weight is 342 g/mol. The van der Waals surface area contributed by atoms with Crippen molar-refractivity contribution in [3.8, 4) is 5.75 Å². The van der Waals surface area contributed by atoms with E-state index in [0.29, 0.717) is 0 Å². The van der Waals surface area contributed by atoms with Gasteiger partial charge in [-0.15, -0.1) is 0 Å². The fraction of sp³-hybridized carbons (Fsp3) is 0.300. The molecule has 2 aromatic carbocycles. The van der Waals surface area contributed by atoms with Crippen molar-refractivity contribution < 1.29 is 23.8 Å². The van der Waals surface area contributed by atoms with E-state index in [4.69, 9.17) is 14.2 Å². The van der Waals surface area contributed by atoms with Crippen molar-refractivity contribution in [2.45, 2.75) is 33.0 Å². The predicted molar refractivity (Wildman–Crippen MR) is 93.3 cm³/mol. The Kier molecular flexibility index (Phi) is 6.17. The Morgan fingerprint density at radius 1 is 0.920 bits per heavy atom. The second-order valence-electron chi connectivity index (χ2n) is 5.89. The molecule has 2 rings (SSSR count). The third-order valence-electron chi connectivity index (χ3n) is 3.45. The summed E-state index contributed by atoms with van der Waals surface area (Å²) < 4.78 is 16.1. The molecule has 0 aromatic heterocycles. The maximum Gasteiger partial charge on any atom is 0.349 e. The van der Waals surface area contributed by atoms with Crippen molar-refractivity contribution in [2.24, 2.45) is 0 Å². The lowest BCUT2D eigenvalue weighted by molar-refractivity contribution is -0.158. The van der Waals surface area contributed by atoms with Gasteiger partial charge in [0.05, 0.1) is 6.61 Å². The van der Waals surface area contributed by atoms with E-state index < -0.39 is 17.5 Å². The Morgan fingerprint density at radius 3 is 2.24 bits per heavy atom. The van der Waals surface area contributed by atoms with Gasteiger partial charge in [-0.1, -0.05) is 42.5 Å². The number of hydrogen-bond acceptors (Lipinski definition) is 5. The fourth-order valence-electron chi connectivity index (χ4n) is 2.15. The summed E-state index contributed by atoms with van der Waals surface area (Å²) in [6.07, 6.45) is 0. The molecule has 0 amide bonds. The number of para-hydroxylation sites is 1. The van der Waals surface area contributed by atoms with E-state index in [1.807, 2.05) is 30.3 Å². The first-order valence-corrected chi connectivity index (χ1v) is 8.10. The number of rotatable bonds is 7. The van der Waals surface area contributed by atoms with Gasteiger partial charge in [-0.05, 0) is 38.5 Å². The van der Waals surface area contributed by atoms with Crippen LogP contribution in [0.4, 0.5) is 0 Å². The predicted octanol–water partition coefficient (Wildman–Crippen LogP) is 3.76. The van der Waals surface area contributed by atoms with E-state index >= 15 is 0 Å². The minimum atomic E-state index is -1.22. The number of esters is 2. The standard InChI is InChI=1S/C20H22O5/c1-4-23-19(22)20(2,3)25-17-13-9-8-12-16(17)18(21)24-14-15-10-6-5-7-11-15/h5-13H,4,14H2,1-3H3. The minimum absolute atomic E-state index is 0.162. The molecule has 0 fully saturated rings. The number of ether oxygens (including phenoxy) is 3. The molecule has 25 heavy (non-hydrogen) atoms. The second kappa shape index (κ2) is 8.33. The average Bonchev–Trinajstić information content (AvgIpc) is 2.61. The molecule has 0 aliphatic heterocycles. The first kappa shape index (κ1) is 18.5. The van der Waals surface area contributed by atoms with E-state index in [-0.39, 0.29) is 24.5 Å². The van der Waals surface area contributed by atoms with Crippen LogP contribution in [0.1, 0.15) is 36.7 Å². The van der Waals surface area contributed by atoms with Gasteiger partial charge in [0, 0.05) is 0 Å². The van der Waals surface area contributed by atoms with Crippen molar-refractivity contribution in [1.82, 2.24) is 0 Å². The van der Waals surface area contributed by atoms with Crippen LogP contribution in [0.25, 0.3) is 0 Å². The zero-order valence-corrected chi connectivity index (χ0v) is 14.7. The SMILES string of the molecule is CCOC(=O)C(C)(C)Oc1ccccc1C(=O)OCc1ccccc1. The Hall–Kier alpha value is -2.82. The minimum Gasteiger partial charge on any atom is -0.475 e. The second-order valence-corrected chi connectivity index (χ2v) is 5.89. The smallest absolute Gasteiger partial charge is 0.349 e. The summed E-state index contributed by atoms with van der Waals surface area (Å²) in [5.74, 6) is -0.736. The van der Waals surface area contributed by atoms with Crippen LogP contribution in [-0.2, 0) is 20.9 Å². The highest BCUT2D eigenvalue weighted by molar-refractivity contribution is 5.92. The van der Waals surface area contributed by atoms with Gasteiger partial charge in [-0.25, -0.2) is 9.59 Å². The lowest BCUT2D eigenvalue weighted by Crippen LogP contribution is -2.40. The van der Waals surface area contributed by atoms with Crippen molar-refractivity contribution in [1.29, 1.82) is 0 Å². The van der Waals surface area contributed by atoms with E-state index in [2.05, 4.69) is 0 Å². The molecule has 0 saturated heterocycles. The molecule has 132 valence electrons. The molecule has 0 radical (unpaired) electrons. The van der Waals surface area contributed by atoms with Crippen molar-refractivity contribution >= 4 is 11.9 Å². The van der Waals surface area contributed by atoms with Crippen molar-refractivity contribution in [3.05, 3.63) is 65.7 Å². The fourth-order valence-corrected chi connectivity index (χ4v) is 2.15. The number of hydrogen-bond donors (Lipinski definition) is 0. The third-order valence-corrected chi connectivity index (χ3v) is 3.45. The summed E-state index contributed by atoms with van der Waals surface area (Å²) in [5.41, 5.74) is -0.0665. The van der Waals surface area contributed by atoms with Gasteiger partial charge in [0.2, 0.25) is 0 Å². The lowest BCUT2D eigenvalue weighted by atomic mass is 10.1. The van der Waals surface area contributed by atoms with E-state index in [0.717, 1.165) is 5.56 Å². The molecule has 0 saturated carbocycles. The van der Waals surface area contributed by atoms with Gasteiger partial charge in [-0.2, -0.15) is 0 Å². The van der Waals surface area contributed by atoms with Gasteiger partial charge in [0.1, 0.15) is 17.9 Å². The van der Waals surface area contributed by atoms with Gasteiger partial charge in [-0.3, -0.25) is 0 Å². The quantitative estimate of drug-likeness (QED) is 0.717. The summed E-state index contributed by atoms with van der Waals surface area (Å²) in [7, 11) is 0. The molecule has 0 spiro atoms. The highest BCUT2D eigenvalue weighted by atomic mass is 16.6. The Morgan fingerprint density at radius 2 is 1.56 bits per heavy atom. The molecule has 5 heteroatoms. The highest BCUT2D eigenvalue weighted by Crippen LogP contribution is 2.25. The van der Waals surface area contributed by atoms with Crippen LogP contribution >= 0.6 is 0 Å². The molecule has 0 aliphatic carbocycles. The summed E-state index contributed by atoms with van der Waals surface area (Å²) in [5, 5.41) is 0. The van der Waals surface area contributed by atoms with Gasteiger partial charge in [0.25, 0.3) is 0 Å². The summed E-state index contributed by atoms with van der Waals surface area (Å²) >= 11 is 0. The lowest BCUT2D eigenvalue weighted by Gasteiger charge is -2.25. The summed E-state index contributed by atoms with van der Waals surface area (Å²) in [6, 6.07) is 16.1. The molecule has 2 aromatic rings. The largest absolute Gasteiger partial charge is 0.475 e. The highest BCUT2D eigenvalue weighted by Gasteiger charge is 2.33. The van der Waals surface area contributed by atoms with E-state index in [1.54, 1.807) is 45.0 Å². The Balaban J connectivity index is 2.11. The van der Waals surface area contributed by atoms with Crippen LogP contribution in [-0.4, -0.2) is 24.1 Å². The third kappa shape index (κ3) is 5.08. The maximum absolute atomic E-state index is 12.4. The van der Waals surface area contributed by atoms with E-state index in [9.17, 15) is 9.59 Å². The first-order valence-electron chi connectivity index (χ1n) is 8.10. The monoisotopic (exact) mass is 342 g/mol. The summed E-state index contributed by atoms with van der Waals surface area (Å²) in [4.78, 5) is 24.4. The topological polar surface area (TPSA) is 61.8 Å². The van der Waals surface area contributed by atoms with Crippen LogP contribution in [0.2, 0.25) is 0 Å². The van der Waals surface area contributed by atoms with Crippen molar-refractivity contribution in [3.63, 3.8) is 0 Å². The molecule has 0 N–H and O–H groups in total. The normalized spacial score (nSPS) is 10.8. The molecule has 0 bridgehead atoms.